The maximum Gasteiger partial charge on any atom is 0.296 e. The third kappa shape index (κ3) is 7.01. The first-order valence-electron chi connectivity index (χ1n) is 11.9. The Bertz CT molecular complexity index is 1490. The molecule has 0 bridgehead atoms. The molecule has 1 aromatic heterocycles. The summed E-state index contributed by atoms with van der Waals surface area (Å²) in [5.41, 5.74) is 1.64. The largest absolute Gasteiger partial charge is 0.481 e. The number of hydrogen-bond donors (Lipinski definition) is 1. The fourth-order valence-corrected chi connectivity index (χ4v) is 4.00. The molecule has 7 nitrogen and oxygen atoms in total. The number of amides is 1. The molecule has 1 amide bonds. The van der Waals surface area contributed by atoms with Crippen LogP contribution in [0.15, 0.2) is 88.1 Å². The summed E-state index contributed by atoms with van der Waals surface area (Å²) in [6.07, 6.45) is 0.332. The van der Waals surface area contributed by atoms with Crippen LogP contribution in [0.3, 0.4) is 0 Å². The topological polar surface area (TPSA) is 90.3 Å². The van der Waals surface area contributed by atoms with Crippen LogP contribution >= 0.6 is 15.9 Å². The second-order valence-corrected chi connectivity index (χ2v) is 9.59. The van der Waals surface area contributed by atoms with E-state index in [0.717, 1.165) is 15.6 Å². The third-order valence-electron chi connectivity index (χ3n) is 5.82. The standard InChI is InChI=1S/C29H25BrFN3O4/c1-34-25(16-20-7-11-22(30)12-8-20)33-26(27(29(34)37)38-18-21-5-3-2-4-6-21)28(36)32-17-24(35)15-19-9-13-23(31)14-10-19/h2-14H,15-18H2,1H3,(H,32,36). The van der Waals surface area contributed by atoms with E-state index in [1.807, 2.05) is 54.6 Å². The molecular formula is C29H25BrFN3O4. The maximum atomic E-state index is 13.3. The highest BCUT2D eigenvalue weighted by Crippen LogP contribution is 2.17. The number of rotatable bonds is 10. The predicted octanol–water partition coefficient (Wildman–Crippen LogP) is 4.39. The monoisotopic (exact) mass is 577 g/mol. The smallest absolute Gasteiger partial charge is 0.296 e. The van der Waals surface area contributed by atoms with Crippen molar-refractivity contribution in [1.82, 2.24) is 14.9 Å². The number of nitrogens with zero attached hydrogens (tertiary/aromatic N) is 2. The molecule has 0 saturated heterocycles. The van der Waals surface area contributed by atoms with Gasteiger partial charge in [0.2, 0.25) is 5.75 Å². The zero-order chi connectivity index (χ0) is 27.1. The molecule has 9 heteroatoms. The van der Waals surface area contributed by atoms with E-state index in [0.29, 0.717) is 17.8 Å². The van der Waals surface area contributed by atoms with Crippen molar-refractivity contribution in [2.24, 2.45) is 7.05 Å². The number of hydrogen-bond acceptors (Lipinski definition) is 5. The number of Topliss-reactive ketones (excluding diaryl/α,β-unsaturated/α-hetero) is 1. The van der Waals surface area contributed by atoms with Crippen LogP contribution in [0.5, 0.6) is 5.75 Å². The summed E-state index contributed by atoms with van der Waals surface area (Å²) < 4.78 is 21.2. The number of benzene rings is 3. The Morgan fingerprint density at radius 1 is 0.947 bits per heavy atom. The van der Waals surface area contributed by atoms with Crippen molar-refractivity contribution in [3.63, 3.8) is 0 Å². The third-order valence-corrected chi connectivity index (χ3v) is 6.35. The molecule has 1 heterocycles. The van der Waals surface area contributed by atoms with Crippen molar-refractivity contribution in [1.29, 1.82) is 0 Å². The van der Waals surface area contributed by atoms with E-state index in [2.05, 4.69) is 26.2 Å². The van der Waals surface area contributed by atoms with E-state index in [9.17, 15) is 18.8 Å². The average molecular weight is 578 g/mol. The number of halogens is 2. The summed E-state index contributed by atoms with van der Waals surface area (Å²) in [6, 6.07) is 22.4. The van der Waals surface area contributed by atoms with E-state index >= 15 is 0 Å². The Morgan fingerprint density at radius 2 is 1.61 bits per heavy atom. The van der Waals surface area contributed by atoms with Crippen molar-refractivity contribution in [2.45, 2.75) is 19.4 Å². The van der Waals surface area contributed by atoms with Gasteiger partial charge in [-0.2, -0.15) is 0 Å². The lowest BCUT2D eigenvalue weighted by Gasteiger charge is -2.15. The van der Waals surface area contributed by atoms with Gasteiger partial charge in [-0.25, -0.2) is 9.37 Å². The van der Waals surface area contributed by atoms with Gasteiger partial charge in [0.1, 0.15) is 18.2 Å². The number of ether oxygens (including phenoxy) is 1. The highest BCUT2D eigenvalue weighted by atomic mass is 79.9. The number of ketones is 1. The Hall–Kier alpha value is -4.11. The molecule has 0 saturated carbocycles. The van der Waals surface area contributed by atoms with Gasteiger partial charge in [-0.3, -0.25) is 19.0 Å². The molecule has 4 rings (SSSR count). The summed E-state index contributed by atoms with van der Waals surface area (Å²) in [6.45, 7) is -0.221. The minimum Gasteiger partial charge on any atom is -0.481 e. The summed E-state index contributed by atoms with van der Waals surface area (Å²) in [4.78, 5) is 43.4. The molecule has 0 aliphatic carbocycles. The number of carbonyl (C=O) groups excluding carboxylic acids is 2. The van der Waals surface area contributed by atoms with Crippen molar-refractivity contribution in [3.8, 4) is 5.75 Å². The zero-order valence-electron chi connectivity index (χ0n) is 20.6. The highest BCUT2D eigenvalue weighted by Gasteiger charge is 2.23. The second kappa shape index (κ2) is 12.4. The molecular weight excluding hydrogens is 553 g/mol. The van der Waals surface area contributed by atoms with Crippen molar-refractivity contribution < 1.29 is 18.7 Å². The summed E-state index contributed by atoms with van der Waals surface area (Å²) in [5, 5.41) is 2.55. The SMILES string of the molecule is Cn1c(Cc2ccc(Br)cc2)nc(C(=O)NCC(=O)Cc2ccc(F)cc2)c(OCc2ccccc2)c1=O. The van der Waals surface area contributed by atoms with Gasteiger partial charge in [0.25, 0.3) is 11.5 Å². The minimum absolute atomic E-state index is 0.0245. The van der Waals surface area contributed by atoms with Gasteiger partial charge in [-0.1, -0.05) is 70.5 Å². The molecule has 38 heavy (non-hydrogen) atoms. The first-order chi connectivity index (χ1) is 18.3. The van der Waals surface area contributed by atoms with Crippen molar-refractivity contribution in [3.05, 3.63) is 128 Å². The Morgan fingerprint density at radius 3 is 2.29 bits per heavy atom. The molecule has 0 aliphatic rings. The highest BCUT2D eigenvalue weighted by molar-refractivity contribution is 9.10. The minimum atomic E-state index is -0.699. The molecule has 0 aliphatic heterocycles. The maximum absolute atomic E-state index is 13.3. The summed E-state index contributed by atoms with van der Waals surface area (Å²) >= 11 is 3.40. The van der Waals surface area contributed by atoms with Crippen LogP contribution in [-0.4, -0.2) is 27.8 Å². The van der Waals surface area contributed by atoms with Crippen LogP contribution < -0.4 is 15.6 Å². The molecule has 3 aromatic carbocycles. The van der Waals surface area contributed by atoms with Crippen LogP contribution in [-0.2, 0) is 31.3 Å². The first kappa shape index (κ1) is 26.9. The fourth-order valence-electron chi connectivity index (χ4n) is 3.74. The van der Waals surface area contributed by atoms with Crippen LogP contribution in [0.4, 0.5) is 4.39 Å². The summed E-state index contributed by atoms with van der Waals surface area (Å²) in [5.74, 6) is -1.20. The molecule has 0 spiro atoms. The average Bonchev–Trinajstić information content (AvgIpc) is 2.92. The molecule has 0 unspecified atom stereocenters. The Kier molecular flexibility index (Phi) is 8.81. The lowest BCUT2D eigenvalue weighted by atomic mass is 10.1. The van der Waals surface area contributed by atoms with Crippen LogP contribution in [0.1, 0.15) is 33.0 Å². The van der Waals surface area contributed by atoms with Gasteiger partial charge in [0, 0.05) is 24.4 Å². The van der Waals surface area contributed by atoms with Gasteiger partial charge in [-0.15, -0.1) is 0 Å². The van der Waals surface area contributed by atoms with E-state index < -0.39 is 17.3 Å². The lowest BCUT2D eigenvalue weighted by molar-refractivity contribution is -0.117. The Balaban J connectivity index is 1.58. The van der Waals surface area contributed by atoms with Crippen molar-refractivity contribution >= 4 is 27.6 Å². The van der Waals surface area contributed by atoms with Gasteiger partial charge in [0.05, 0.1) is 6.54 Å². The fraction of sp³-hybridized carbons (Fsp3) is 0.172. The molecule has 0 radical (unpaired) electrons. The van der Waals surface area contributed by atoms with Gasteiger partial charge in [-0.05, 0) is 41.0 Å². The molecule has 0 atom stereocenters. The van der Waals surface area contributed by atoms with Crippen LogP contribution in [0, 0.1) is 5.82 Å². The molecule has 0 fully saturated rings. The number of carbonyl (C=O) groups is 2. The van der Waals surface area contributed by atoms with E-state index in [4.69, 9.17) is 4.74 Å². The number of aromatic nitrogens is 2. The van der Waals surface area contributed by atoms with E-state index in [-0.39, 0.29) is 36.8 Å². The molecule has 4 aromatic rings. The quantitative estimate of drug-likeness (QED) is 0.302. The second-order valence-electron chi connectivity index (χ2n) is 8.67. The van der Waals surface area contributed by atoms with E-state index in [1.165, 1.54) is 28.8 Å². The normalized spacial score (nSPS) is 10.7. The van der Waals surface area contributed by atoms with Crippen molar-refractivity contribution in [2.75, 3.05) is 6.54 Å². The Labute approximate surface area is 227 Å². The zero-order valence-corrected chi connectivity index (χ0v) is 22.2. The summed E-state index contributed by atoms with van der Waals surface area (Å²) in [7, 11) is 1.58. The van der Waals surface area contributed by atoms with Gasteiger partial charge < -0.3 is 10.1 Å². The number of nitrogens with one attached hydrogen (secondary N) is 1. The lowest BCUT2D eigenvalue weighted by Crippen LogP contribution is -2.35. The van der Waals surface area contributed by atoms with E-state index in [1.54, 1.807) is 7.05 Å². The van der Waals surface area contributed by atoms with Crippen LogP contribution in [0.2, 0.25) is 0 Å². The first-order valence-corrected chi connectivity index (χ1v) is 12.6. The van der Waals surface area contributed by atoms with Crippen LogP contribution in [0.25, 0.3) is 0 Å². The molecule has 194 valence electrons. The van der Waals surface area contributed by atoms with Gasteiger partial charge in [0.15, 0.2) is 11.5 Å². The molecule has 1 N–H and O–H groups in total. The predicted molar refractivity (Wildman–Crippen MR) is 145 cm³/mol. The van der Waals surface area contributed by atoms with Gasteiger partial charge >= 0.3 is 0 Å².